The number of unbranched alkanes of at least 4 members (excludes halogenated alkanes) is 10. The monoisotopic (exact) mass is 943 g/mol. The fourth-order valence-corrected chi connectivity index (χ4v) is 6.62. The molecule has 14 nitrogen and oxygen atoms in total. The number of hydrogen-bond donors (Lipinski definition) is 5. The van der Waals surface area contributed by atoms with Crippen molar-refractivity contribution >= 4 is 27.6 Å². The van der Waals surface area contributed by atoms with Crippen LogP contribution in [0.3, 0.4) is 0 Å². The van der Waals surface area contributed by atoms with Crippen molar-refractivity contribution in [1.82, 2.24) is 0 Å². The van der Waals surface area contributed by atoms with Crippen molar-refractivity contribution in [1.29, 1.82) is 0 Å². The fraction of sp³-hybridized carbons (Fsp3) is 0.625. The number of phosphoric ester groups is 2. The van der Waals surface area contributed by atoms with Crippen LogP contribution in [-0.2, 0) is 41.8 Å². The first-order valence-corrected chi connectivity index (χ1v) is 26.1. The van der Waals surface area contributed by atoms with E-state index in [1.807, 2.05) is 18.2 Å². The largest absolute Gasteiger partial charge is 0.472 e. The number of carbonyl (C=O) groups excluding carboxylic acids is 2. The van der Waals surface area contributed by atoms with E-state index in [0.717, 1.165) is 57.8 Å². The van der Waals surface area contributed by atoms with Gasteiger partial charge in [0.05, 0.1) is 25.9 Å². The summed E-state index contributed by atoms with van der Waals surface area (Å²) in [4.78, 5) is 52.8. The lowest BCUT2D eigenvalue weighted by Crippen LogP contribution is -2.29. The van der Waals surface area contributed by atoms with Gasteiger partial charge in [-0.1, -0.05) is 143 Å². The van der Waals surface area contributed by atoms with E-state index in [2.05, 4.69) is 83.7 Å². The predicted molar refractivity (Wildman–Crippen MR) is 254 cm³/mol. The Bertz CT molecular complexity index is 1510. The molecule has 0 saturated heterocycles. The molecule has 0 rings (SSSR count). The van der Waals surface area contributed by atoms with Crippen molar-refractivity contribution in [3.8, 4) is 0 Å². The maximum Gasteiger partial charge on any atom is 0.472 e. The molecule has 64 heavy (non-hydrogen) atoms. The van der Waals surface area contributed by atoms with Gasteiger partial charge >= 0.3 is 27.6 Å². The summed E-state index contributed by atoms with van der Waals surface area (Å²) in [5, 5.41) is 19.9. The molecule has 16 heteroatoms. The summed E-state index contributed by atoms with van der Waals surface area (Å²) >= 11 is 0. The van der Waals surface area contributed by atoms with E-state index in [-0.39, 0.29) is 12.8 Å². The van der Waals surface area contributed by atoms with Crippen LogP contribution in [0.15, 0.2) is 97.2 Å². The average Bonchev–Trinajstić information content (AvgIpc) is 3.25. The predicted octanol–water partition coefficient (Wildman–Crippen LogP) is 11.1. The van der Waals surface area contributed by atoms with Crippen LogP contribution in [-0.4, -0.2) is 81.6 Å². The molecule has 0 spiro atoms. The number of esters is 2. The van der Waals surface area contributed by atoms with Crippen molar-refractivity contribution in [2.75, 3.05) is 26.4 Å². The molecule has 0 aromatic heterocycles. The van der Waals surface area contributed by atoms with Gasteiger partial charge in [-0.3, -0.25) is 23.2 Å². The molecular weight excluding hydrogens is 862 g/mol. The zero-order chi connectivity index (χ0) is 47.4. The van der Waals surface area contributed by atoms with E-state index in [4.69, 9.17) is 23.8 Å². The number of aliphatic hydroxyl groups is 2. The van der Waals surface area contributed by atoms with E-state index in [1.165, 1.54) is 38.5 Å². The fourth-order valence-electron chi connectivity index (χ4n) is 5.46. The van der Waals surface area contributed by atoms with Crippen LogP contribution >= 0.6 is 15.6 Å². The van der Waals surface area contributed by atoms with Crippen LogP contribution in [0.2, 0.25) is 0 Å². The number of aliphatic hydroxyl groups excluding tert-OH is 2. The van der Waals surface area contributed by atoms with Crippen molar-refractivity contribution in [2.45, 2.75) is 167 Å². The molecule has 0 radical (unpaired) electrons. The smallest absolute Gasteiger partial charge is 0.462 e. The van der Waals surface area contributed by atoms with Gasteiger partial charge in [-0.05, 0) is 89.9 Å². The first-order valence-electron chi connectivity index (χ1n) is 23.0. The number of allylic oxidation sites excluding steroid dienone is 14. The molecule has 2 unspecified atom stereocenters. The molecule has 0 aromatic carbocycles. The second-order valence-electron chi connectivity index (χ2n) is 15.2. The van der Waals surface area contributed by atoms with Crippen LogP contribution in [0, 0.1) is 0 Å². The van der Waals surface area contributed by atoms with Gasteiger partial charge in [0.25, 0.3) is 0 Å². The Kier molecular flexibility index (Phi) is 40.6. The van der Waals surface area contributed by atoms with Crippen molar-refractivity contribution in [2.24, 2.45) is 0 Å². The van der Waals surface area contributed by atoms with Crippen molar-refractivity contribution in [3.05, 3.63) is 97.2 Å². The Labute approximate surface area is 383 Å². The number of hydrogen-bond acceptors (Lipinski definition) is 11. The topological polar surface area (TPSA) is 216 Å². The third-order valence-electron chi connectivity index (χ3n) is 9.02. The standard InChI is InChI=1S/C48H80O14P2/c1-3-5-7-9-11-13-14-15-16-17-18-19-20-21-22-24-26-30-34-38-47(51)58-42-46(43-61-64(56,57)60-41-45(50)40-59-63(53,54)55)62-48(52)39-35-31-27-29-33-37-44(49)36-32-28-25-23-12-10-8-6-4-2/h11-13,15-16,18-19,21-23,27-29,32-33,37,44-46,49-50H,3-10,14,17,20,24-26,30-31,34-36,38-43H2,1-2H3,(H,56,57)(H2,53,54,55)/b13-11-,16-15-,19-18-,22-21-,23-12-,29-27+,32-28-,37-33-/t44?,45-,46+/m0/s1. The third-order valence-corrected chi connectivity index (χ3v) is 10.5. The Morgan fingerprint density at radius 1 is 0.516 bits per heavy atom. The minimum atomic E-state index is -4.89. The first-order chi connectivity index (χ1) is 30.8. The Morgan fingerprint density at radius 2 is 1.00 bits per heavy atom. The molecule has 0 heterocycles. The molecule has 0 aromatic rings. The number of ether oxygens (including phenoxy) is 2. The summed E-state index contributed by atoms with van der Waals surface area (Å²) < 4.78 is 47.7. The SMILES string of the molecule is CCCCC/C=C\C/C=C\C/C=C\C/C=C\CCCCCC(=O)OC[C@H](COP(=O)(O)OC[C@@H](O)COP(=O)(O)O)OC(=O)CCC/C=C/C=C\C(O)C/C=C\C/C=C\CCCCC. The van der Waals surface area contributed by atoms with E-state index in [0.29, 0.717) is 25.7 Å². The van der Waals surface area contributed by atoms with Gasteiger partial charge in [0.1, 0.15) is 12.7 Å². The first kappa shape index (κ1) is 61.0. The molecular formula is C48H80O14P2. The molecule has 0 aliphatic rings. The molecule has 0 amide bonds. The van der Waals surface area contributed by atoms with Gasteiger partial charge in [0, 0.05) is 12.8 Å². The maximum absolute atomic E-state index is 12.7. The van der Waals surface area contributed by atoms with Crippen LogP contribution in [0.1, 0.15) is 149 Å². The van der Waals surface area contributed by atoms with Gasteiger partial charge in [0.2, 0.25) is 0 Å². The summed E-state index contributed by atoms with van der Waals surface area (Å²) in [6, 6.07) is 0. The van der Waals surface area contributed by atoms with Crippen LogP contribution in [0.25, 0.3) is 0 Å². The van der Waals surface area contributed by atoms with E-state index < -0.39 is 72.3 Å². The molecule has 0 bridgehead atoms. The Hall–Kier alpha value is -3.00. The summed E-state index contributed by atoms with van der Waals surface area (Å²) in [7, 11) is -9.75. The lowest BCUT2D eigenvalue weighted by molar-refractivity contribution is -0.161. The Balaban J connectivity index is 4.74. The highest BCUT2D eigenvalue weighted by Gasteiger charge is 2.28. The quantitative estimate of drug-likeness (QED) is 0.0127. The van der Waals surface area contributed by atoms with Crippen molar-refractivity contribution < 1.29 is 66.7 Å². The van der Waals surface area contributed by atoms with E-state index in [1.54, 1.807) is 18.2 Å². The molecule has 0 aliphatic carbocycles. The summed E-state index contributed by atoms with van der Waals surface area (Å²) in [6.45, 7) is 1.49. The van der Waals surface area contributed by atoms with Gasteiger partial charge in [0.15, 0.2) is 6.10 Å². The van der Waals surface area contributed by atoms with E-state index >= 15 is 0 Å². The zero-order valence-corrected chi connectivity index (χ0v) is 40.2. The molecule has 0 saturated carbocycles. The van der Waals surface area contributed by atoms with Crippen LogP contribution in [0.5, 0.6) is 0 Å². The maximum atomic E-state index is 12.7. The normalized spacial score (nSPS) is 15.3. The molecule has 4 atom stereocenters. The Morgan fingerprint density at radius 3 is 1.56 bits per heavy atom. The number of phosphoric acid groups is 2. The number of rotatable bonds is 42. The molecule has 0 aliphatic heterocycles. The second kappa shape index (κ2) is 42.6. The average molecular weight is 943 g/mol. The van der Waals surface area contributed by atoms with Crippen LogP contribution in [0.4, 0.5) is 0 Å². The second-order valence-corrected chi connectivity index (χ2v) is 17.9. The van der Waals surface area contributed by atoms with Crippen molar-refractivity contribution in [3.63, 3.8) is 0 Å². The van der Waals surface area contributed by atoms with Gasteiger partial charge in [-0.15, -0.1) is 0 Å². The minimum Gasteiger partial charge on any atom is -0.462 e. The van der Waals surface area contributed by atoms with E-state index in [9.17, 15) is 33.8 Å². The lowest BCUT2D eigenvalue weighted by atomic mass is 10.1. The minimum absolute atomic E-state index is 0.0164. The molecule has 5 N–H and O–H groups in total. The summed E-state index contributed by atoms with van der Waals surface area (Å²) in [5.74, 6) is -1.21. The third kappa shape index (κ3) is 45.6. The molecule has 366 valence electrons. The number of carbonyl (C=O) groups is 2. The summed E-state index contributed by atoms with van der Waals surface area (Å²) in [6.07, 6.45) is 47.1. The lowest BCUT2D eigenvalue weighted by Gasteiger charge is -2.20. The van der Waals surface area contributed by atoms with Gasteiger partial charge in [-0.2, -0.15) is 0 Å². The highest BCUT2D eigenvalue weighted by atomic mass is 31.2. The highest BCUT2D eigenvalue weighted by Crippen LogP contribution is 2.43. The van der Waals surface area contributed by atoms with Crippen LogP contribution < -0.4 is 0 Å². The van der Waals surface area contributed by atoms with Gasteiger partial charge < -0.3 is 34.4 Å². The summed E-state index contributed by atoms with van der Waals surface area (Å²) in [5.41, 5.74) is 0. The highest BCUT2D eigenvalue weighted by molar-refractivity contribution is 7.47. The van der Waals surface area contributed by atoms with Gasteiger partial charge in [-0.25, -0.2) is 9.13 Å². The molecule has 0 fully saturated rings. The zero-order valence-electron chi connectivity index (χ0n) is 38.5.